The van der Waals surface area contributed by atoms with E-state index in [1.807, 2.05) is 18.0 Å². The SMILES string of the molecule is CNC1CCN(C(=O)CCOc2cc(C)cc(C)c2C)CC1. The van der Waals surface area contributed by atoms with Crippen LogP contribution in [0, 0.1) is 20.8 Å². The van der Waals surface area contributed by atoms with Crippen LogP contribution >= 0.6 is 0 Å². The molecule has 1 aromatic carbocycles. The minimum Gasteiger partial charge on any atom is -0.493 e. The van der Waals surface area contributed by atoms with Gasteiger partial charge in [0.1, 0.15) is 5.75 Å². The van der Waals surface area contributed by atoms with Gasteiger partial charge in [0.25, 0.3) is 0 Å². The Bertz CT molecular complexity index is 520. The number of piperidine rings is 1. The van der Waals surface area contributed by atoms with Crippen molar-refractivity contribution in [1.29, 1.82) is 0 Å². The van der Waals surface area contributed by atoms with Gasteiger partial charge >= 0.3 is 0 Å². The fourth-order valence-electron chi connectivity index (χ4n) is 2.97. The number of nitrogens with zero attached hydrogens (tertiary/aromatic N) is 1. The molecule has 2 rings (SSSR count). The van der Waals surface area contributed by atoms with Crippen LogP contribution in [0.25, 0.3) is 0 Å². The Morgan fingerprint density at radius 3 is 2.59 bits per heavy atom. The monoisotopic (exact) mass is 304 g/mol. The molecule has 22 heavy (non-hydrogen) atoms. The van der Waals surface area contributed by atoms with E-state index in [2.05, 4.69) is 32.2 Å². The predicted octanol–water partition coefficient (Wildman–Crippen LogP) is 2.59. The standard InChI is InChI=1S/C18H28N2O2/c1-13-11-14(2)15(3)17(12-13)22-10-7-18(21)20-8-5-16(19-4)6-9-20/h11-12,16,19H,5-10H2,1-4H3. The number of carbonyl (C=O) groups excluding carboxylic acids is 1. The van der Waals surface area contributed by atoms with Crippen molar-refractivity contribution < 1.29 is 9.53 Å². The maximum absolute atomic E-state index is 12.2. The van der Waals surface area contributed by atoms with Crippen molar-refractivity contribution in [3.8, 4) is 5.75 Å². The molecule has 1 aliphatic rings. The first-order chi connectivity index (χ1) is 10.5. The van der Waals surface area contributed by atoms with Crippen LogP contribution in [0.5, 0.6) is 5.75 Å². The first kappa shape index (κ1) is 16.8. The van der Waals surface area contributed by atoms with Crippen molar-refractivity contribution >= 4 is 5.91 Å². The van der Waals surface area contributed by atoms with Gasteiger partial charge in [-0.1, -0.05) is 6.07 Å². The number of amides is 1. The van der Waals surface area contributed by atoms with Crippen LogP contribution in [0.3, 0.4) is 0 Å². The Morgan fingerprint density at radius 2 is 1.95 bits per heavy atom. The molecule has 0 unspecified atom stereocenters. The van der Waals surface area contributed by atoms with E-state index < -0.39 is 0 Å². The van der Waals surface area contributed by atoms with Gasteiger partial charge in [-0.3, -0.25) is 4.79 Å². The summed E-state index contributed by atoms with van der Waals surface area (Å²) in [5, 5.41) is 3.28. The largest absolute Gasteiger partial charge is 0.493 e. The summed E-state index contributed by atoms with van der Waals surface area (Å²) in [6, 6.07) is 4.75. The molecule has 1 amide bonds. The third-order valence-corrected chi connectivity index (χ3v) is 4.59. The zero-order valence-electron chi connectivity index (χ0n) is 14.2. The number of rotatable bonds is 5. The molecule has 0 spiro atoms. The van der Waals surface area contributed by atoms with Gasteiger partial charge in [-0.05, 0) is 63.4 Å². The second kappa shape index (κ2) is 7.63. The first-order valence-corrected chi connectivity index (χ1v) is 8.17. The number of hydrogen-bond acceptors (Lipinski definition) is 3. The highest BCUT2D eigenvalue weighted by Crippen LogP contribution is 2.23. The Balaban J connectivity index is 1.80. The highest BCUT2D eigenvalue weighted by Gasteiger charge is 2.21. The average Bonchev–Trinajstić information content (AvgIpc) is 2.51. The molecule has 4 nitrogen and oxygen atoms in total. The zero-order chi connectivity index (χ0) is 16.1. The van der Waals surface area contributed by atoms with Gasteiger partial charge in [-0.25, -0.2) is 0 Å². The van der Waals surface area contributed by atoms with E-state index in [4.69, 9.17) is 4.74 Å². The Morgan fingerprint density at radius 1 is 1.27 bits per heavy atom. The molecule has 0 radical (unpaired) electrons. The van der Waals surface area contributed by atoms with Crippen molar-refractivity contribution in [1.82, 2.24) is 10.2 Å². The van der Waals surface area contributed by atoms with Gasteiger partial charge in [0.2, 0.25) is 5.91 Å². The minimum atomic E-state index is 0.205. The first-order valence-electron chi connectivity index (χ1n) is 8.17. The number of ether oxygens (including phenoxy) is 1. The quantitative estimate of drug-likeness (QED) is 0.909. The van der Waals surface area contributed by atoms with E-state index >= 15 is 0 Å². The molecule has 1 N–H and O–H groups in total. The second-order valence-corrected chi connectivity index (χ2v) is 6.25. The summed E-state index contributed by atoms with van der Waals surface area (Å²) >= 11 is 0. The van der Waals surface area contributed by atoms with Gasteiger partial charge < -0.3 is 15.0 Å². The highest BCUT2D eigenvalue weighted by molar-refractivity contribution is 5.76. The minimum absolute atomic E-state index is 0.205. The lowest BCUT2D eigenvalue weighted by Crippen LogP contribution is -2.44. The molecule has 0 aliphatic carbocycles. The van der Waals surface area contributed by atoms with Gasteiger partial charge in [0.05, 0.1) is 13.0 Å². The van der Waals surface area contributed by atoms with E-state index in [-0.39, 0.29) is 5.91 Å². The summed E-state index contributed by atoms with van der Waals surface area (Å²) in [5.41, 5.74) is 3.59. The van der Waals surface area contributed by atoms with Crippen LogP contribution < -0.4 is 10.1 Å². The highest BCUT2D eigenvalue weighted by atomic mass is 16.5. The lowest BCUT2D eigenvalue weighted by molar-refractivity contribution is -0.132. The lowest BCUT2D eigenvalue weighted by Gasteiger charge is -2.31. The molecule has 1 fully saturated rings. The van der Waals surface area contributed by atoms with Crippen LogP contribution in [0.2, 0.25) is 0 Å². The fraction of sp³-hybridized carbons (Fsp3) is 0.611. The Labute approximate surface area is 133 Å². The van der Waals surface area contributed by atoms with Crippen LogP contribution in [0.1, 0.15) is 36.0 Å². The maximum Gasteiger partial charge on any atom is 0.225 e. The number of carbonyl (C=O) groups is 1. The van der Waals surface area contributed by atoms with Gasteiger partial charge in [-0.15, -0.1) is 0 Å². The molecule has 0 bridgehead atoms. The van der Waals surface area contributed by atoms with E-state index in [1.54, 1.807) is 0 Å². The van der Waals surface area contributed by atoms with Gasteiger partial charge in [-0.2, -0.15) is 0 Å². The van der Waals surface area contributed by atoms with Gasteiger partial charge in [0.15, 0.2) is 0 Å². The molecule has 1 heterocycles. The van der Waals surface area contributed by atoms with Gasteiger partial charge in [0, 0.05) is 19.1 Å². The summed E-state index contributed by atoms with van der Waals surface area (Å²) in [7, 11) is 1.99. The molecule has 0 atom stereocenters. The number of likely N-dealkylation sites (tertiary alicyclic amines) is 1. The number of aryl methyl sites for hydroxylation is 2. The third-order valence-electron chi connectivity index (χ3n) is 4.59. The molecular formula is C18H28N2O2. The molecule has 0 aromatic heterocycles. The van der Waals surface area contributed by atoms with E-state index in [9.17, 15) is 4.79 Å². The van der Waals surface area contributed by atoms with Crippen LogP contribution in [-0.2, 0) is 4.79 Å². The lowest BCUT2D eigenvalue weighted by atomic mass is 10.1. The summed E-state index contributed by atoms with van der Waals surface area (Å²) in [5.74, 6) is 1.11. The molecular weight excluding hydrogens is 276 g/mol. The topological polar surface area (TPSA) is 41.6 Å². The van der Waals surface area contributed by atoms with Crippen molar-refractivity contribution in [2.75, 3.05) is 26.7 Å². The maximum atomic E-state index is 12.2. The van der Waals surface area contributed by atoms with E-state index in [1.165, 1.54) is 11.1 Å². The van der Waals surface area contributed by atoms with Crippen molar-refractivity contribution in [2.24, 2.45) is 0 Å². The molecule has 0 saturated carbocycles. The summed E-state index contributed by atoms with van der Waals surface area (Å²) in [6.07, 6.45) is 2.54. The smallest absolute Gasteiger partial charge is 0.225 e. The number of hydrogen-bond donors (Lipinski definition) is 1. The van der Waals surface area contributed by atoms with Crippen LogP contribution in [0.4, 0.5) is 0 Å². The van der Waals surface area contributed by atoms with Crippen molar-refractivity contribution in [3.63, 3.8) is 0 Å². The second-order valence-electron chi connectivity index (χ2n) is 6.25. The molecule has 4 heteroatoms. The zero-order valence-corrected chi connectivity index (χ0v) is 14.2. The van der Waals surface area contributed by atoms with E-state index in [0.717, 1.165) is 37.2 Å². The molecule has 1 saturated heterocycles. The van der Waals surface area contributed by atoms with Crippen molar-refractivity contribution in [3.05, 3.63) is 28.8 Å². The summed E-state index contributed by atoms with van der Waals surface area (Å²) in [4.78, 5) is 14.2. The third kappa shape index (κ3) is 4.23. The normalized spacial score (nSPS) is 15.9. The predicted molar refractivity (Wildman–Crippen MR) is 89.4 cm³/mol. The van der Waals surface area contributed by atoms with Crippen LogP contribution in [0.15, 0.2) is 12.1 Å². The molecule has 1 aromatic rings. The summed E-state index contributed by atoms with van der Waals surface area (Å²) in [6.45, 7) is 8.38. The Kier molecular flexibility index (Phi) is 5.83. The number of nitrogens with one attached hydrogen (secondary N) is 1. The Hall–Kier alpha value is -1.55. The fourth-order valence-corrected chi connectivity index (χ4v) is 2.97. The van der Waals surface area contributed by atoms with Crippen LogP contribution in [-0.4, -0.2) is 43.6 Å². The average molecular weight is 304 g/mol. The van der Waals surface area contributed by atoms with E-state index in [0.29, 0.717) is 19.1 Å². The number of benzene rings is 1. The molecule has 1 aliphatic heterocycles. The molecule has 122 valence electrons. The summed E-state index contributed by atoms with van der Waals surface area (Å²) < 4.78 is 5.84. The van der Waals surface area contributed by atoms with Crippen molar-refractivity contribution in [2.45, 2.75) is 46.1 Å².